The van der Waals surface area contributed by atoms with Gasteiger partial charge in [-0.15, -0.1) is 0 Å². The van der Waals surface area contributed by atoms with E-state index in [0.717, 1.165) is 44.7 Å². The maximum Gasteiger partial charge on any atom is 0.255 e. The van der Waals surface area contributed by atoms with Crippen LogP contribution in [0.4, 0.5) is 0 Å². The van der Waals surface area contributed by atoms with Gasteiger partial charge in [-0.3, -0.25) is 19.7 Å². The molecule has 5 heteroatoms. The molecule has 5 nitrogen and oxygen atoms in total. The topological polar surface area (TPSA) is 49.3 Å². The molecule has 1 amide bonds. The lowest BCUT2D eigenvalue weighted by Crippen LogP contribution is -2.39. The van der Waals surface area contributed by atoms with Gasteiger partial charge in [0, 0.05) is 56.5 Å². The zero-order chi connectivity index (χ0) is 17.2. The normalized spacial score (nSPS) is 23.0. The Kier molecular flexibility index (Phi) is 4.49. The number of carbonyl (C=O) groups excluding carboxylic acids is 1. The van der Waals surface area contributed by atoms with Crippen molar-refractivity contribution in [3.63, 3.8) is 0 Å². The lowest BCUT2D eigenvalue weighted by atomic mass is 10.0. The fourth-order valence-electron chi connectivity index (χ4n) is 4.11. The van der Waals surface area contributed by atoms with Crippen molar-refractivity contribution in [2.24, 2.45) is 5.92 Å². The van der Waals surface area contributed by atoms with E-state index < -0.39 is 0 Å². The van der Waals surface area contributed by atoms with Gasteiger partial charge in [0.05, 0.1) is 5.56 Å². The van der Waals surface area contributed by atoms with Crippen LogP contribution in [0.25, 0.3) is 0 Å². The fraction of sp³-hybridized carbons (Fsp3) is 0.450. The first kappa shape index (κ1) is 16.2. The maximum absolute atomic E-state index is 12.9. The van der Waals surface area contributed by atoms with E-state index in [1.54, 1.807) is 12.4 Å². The monoisotopic (exact) mass is 336 g/mol. The summed E-state index contributed by atoms with van der Waals surface area (Å²) in [5.74, 6) is 0.717. The van der Waals surface area contributed by atoms with Gasteiger partial charge in [-0.05, 0) is 42.5 Å². The number of pyridine rings is 2. The second kappa shape index (κ2) is 6.92. The molecule has 2 aromatic heterocycles. The molecule has 0 aliphatic carbocycles. The Balaban J connectivity index is 1.43. The molecule has 4 heterocycles. The number of amides is 1. The first-order chi connectivity index (χ1) is 12.2. The maximum atomic E-state index is 12.9. The highest BCUT2D eigenvalue weighted by atomic mass is 16.2. The summed E-state index contributed by atoms with van der Waals surface area (Å²) in [6, 6.07) is 8.31. The Morgan fingerprint density at radius 2 is 2.16 bits per heavy atom. The van der Waals surface area contributed by atoms with Gasteiger partial charge in [0.2, 0.25) is 0 Å². The molecule has 4 rings (SSSR count). The summed E-state index contributed by atoms with van der Waals surface area (Å²) in [5, 5.41) is 0. The summed E-state index contributed by atoms with van der Waals surface area (Å²) in [6.45, 7) is 5.87. The van der Waals surface area contributed by atoms with Crippen LogP contribution < -0.4 is 0 Å². The Morgan fingerprint density at radius 3 is 2.88 bits per heavy atom. The SMILES string of the molecule is CCc1ccc(C(=O)N2CC[C@H]3CN(Cc4cccnc4)C[C@H]32)cn1. The summed E-state index contributed by atoms with van der Waals surface area (Å²) >= 11 is 0. The average Bonchev–Trinajstić information content (AvgIpc) is 3.22. The molecule has 0 bridgehead atoms. The lowest BCUT2D eigenvalue weighted by Gasteiger charge is -2.25. The zero-order valence-corrected chi connectivity index (χ0v) is 14.6. The van der Waals surface area contributed by atoms with Crippen LogP contribution in [-0.2, 0) is 13.0 Å². The van der Waals surface area contributed by atoms with E-state index >= 15 is 0 Å². The fourth-order valence-corrected chi connectivity index (χ4v) is 4.11. The summed E-state index contributed by atoms with van der Waals surface area (Å²) in [6.07, 6.45) is 7.46. The molecule has 130 valence electrons. The molecule has 25 heavy (non-hydrogen) atoms. The molecule has 2 atom stereocenters. The van der Waals surface area contributed by atoms with Gasteiger partial charge in [0.15, 0.2) is 0 Å². The predicted octanol–water partition coefficient (Wildman–Crippen LogP) is 2.39. The van der Waals surface area contributed by atoms with Crippen molar-refractivity contribution in [1.82, 2.24) is 19.8 Å². The highest BCUT2D eigenvalue weighted by Crippen LogP contribution is 2.33. The van der Waals surface area contributed by atoms with E-state index in [2.05, 4.69) is 32.8 Å². The van der Waals surface area contributed by atoms with Crippen LogP contribution >= 0.6 is 0 Å². The van der Waals surface area contributed by atoms with E-state index in [9.17, 15) is 4.79 Å². The van der Waals surface area contributed by atoms with Crippen LogP contribution in [0.1, 0.15) is 35.0 Å². The average molecular weight is 336 g/mol. The lowest BCUT2D eigenvalue weighted by molar-refractivity contribution is 0.0726. The van der Waals surface area contributed by atoms with Gasteiger partial charge in [0.1, 0.15) is 0 Å². The molecular weight excluding hydrogens is 312 g/mol. The van der Waals surface area contributed by atoms with Crippen molar-refractivity contribution in [1.29, 1.82) is 0 Å². The number of aryl methyl sites for hydroxylation is 1. The molecule has 0 unspecified atom stereocenters. The third-order valence-electron chi connectivity index (χ3n) is 5.45. The van der Waals surface area contributed by atoms with E-state index in [-0.39, 0.29) is 5.91 Å². The molecule has 2 saturated heterocycles. The largest absolute Gasteiger partial charge is 0.334 e. The van der Waals surface area contributed by atoms with Gasteiger partial charge < -0.3 is 4.90 Å². The highest BCUT2D eigenvalue weighted by Gasteiger charge is 2.43. The van der Waals surface area contributed by atoms with Gasteiger partial charge in [-0.1, -0.05) is 13.0 Å². The number of hydrogen-bond acceptors (Lipinski definition) is 4. The second-order valence-corrected chi connectivity index (χ2v) is 7.06. The Hall–Kier alpha value is -2.27. The van der Waals surface area contributed by atoms with E-state index in [1.807, 2.05) is 24.4 Å². The summed E-state index contributed by atoms with van der Waals surface area (Å²) < 4.78 is 0. The molecule has 0 radical (unpaired) electrons. The predicted molar refractivity (Wildman–Crippen MR) is 96.1 cm³/mol. The standard InChI is InChI=1S/C20H24N4O/c1-2-18-6-5-16(11-22-18)20(25)24-9-7-17-13-23(14-19(17)24)12-15-4-3-8-21-10-15/h3-6,8,10-11,17,19H,2,7,9,12-14H2,1H3/t17-,19+/m0/s1. The minimum Gasteiger partial charge on any atom is -0.334 e. The highest BCUT2D eigenvalue weighted by molar-refractivity contribution is 5.94. The number of hydrogen-bond donors (Lipinski definition) is 0. The Morgan fingerprint density at radius 1 is 1.24 bits per heavy atom. The van der Waals surface area contributed by atoms with Gasteiger partial charge in [-0.25, -0.2) is 0 Å². The quantitative estimate of drug-likeness (QED) is 0.860. The zero-order valence-electron chi connectivity index (χ0n) is 14.6. The molecule has 0 spiro atoms. The molecule has 2 aliphatic heterocycles. The van der Waals surface area contributed by atoms with Gasteiger partial charge in [0.25, 0.3) is 5.91 Å². The van der Waals surface area contributed by atoms with E-state index in [1.165, 1.54) is 5.56 Å². The number of carbonyl (C=O) groups is 1. The summed E-state index contributed by atoms with van der Waals surface area (Å²) in [4.78, 5) is 26.0. The Bertz CT molecular complexity index is 731. The summed E-state index contributed by atoms with van der Waals surface area (Å²) in [5.41, 5.74) is 2.97. The second-order valence-electron chi connectivity index (χ2n) is 7.06. The van der Waals surface area contributed by atoms with Crippen LogP contribution in [0, 0.1) is 5.92 Å². The van der Waals surface area contributed by atoms with Crippen LogP contribution in [0.15, 0.2) is 42.9 Å². The smallest absolute Gasteiger partial charge is 0.255 e. The van der Waals surface area contributed by atoms with Crippen molar-refractivity contribution in [3.05, 3.63) is 59.7 Å². The summed E-state index contributed by atoms with van der Waals surface area (Å²) in [7, 11) is 0. The minimum atomic E-state index is 0.130. The molecule has 0 aromatic carbocycles. The third kappa shape index (κ3) is 3.29. The number of aromatic nitrogens is 2. The van der Waals surface area contributed by atoms with Crippen LogP contribution in [-0.4, -0.2) is 51.4 Å². The first-order valence-corrected chi connectivity index (χ1v) is 9.11. The molecular formula is C20H24N4O. The van der Waals surface area contributed by atoms with Crippen LogP contribution in [0.3, 0.4) is 0 Å². The van der Waals surface area contributed by atoms with Gasteiger partial charge in [-0.2, -0.15) is 0 Å². The number of rotatable bonds is 4. The molecule has 0 N–H and O–H groups in total. The molecule has 2 fully saturated rings. The molecule has 2 aromatic rings. The molecule has 2 aliphatic rings. The van der Waals surface area contributed by atoms with Crippen molar-refractivity contribution in [2.75, 3.05) is 19.6 Å². The first-order valence-electron chi connectivity index (χ1n) is 9.11. The van der Waals surface area contributed by atoms with Crippen molar-refractivity contribution in [2.45, 2.75) is 32.4 Å². The van der Waals surface area contributed by atoms with Crippen molar-refractivity contribution in [3.8, 4) is 0 Å². The number of fused-ring (bicyclic) bond motifs is 1. The van der Waals surface area contributed by atoms with E-state index in [0.29, 0.717) is 17.5 Å². The van der Waals surface area contributed by atoms with Crippen LogP contribution in [0.2, 0.25) is 0 Å². The Labute approximate surface area is 148 Å². The van der Waals surface area contributed by atoms with Crippen LogP contribution in [0.5, 0.6) is 0 Å². The van der Waals surface area contributed by atoms with Crippen molar-refractivity contribution < 1.29 is 4.79 Å². The minimum absolute atomic E-state index is 0.130. The van der Waals surface area contributed by atoms with Gasteiger partial charge >= 0.3 is 0 Å². The number of likely N-dealkylation sites (tertiary alicyclic amines) is 2. The third-order valence-corrected chi connectivity index (χ3v) is 5.45. The number of nitrogens with zero attached hydrogens (tertiary/aromatic N) is 4. The van der Waals surface area contributed by atoms with E-state index in [4.69, 9.17) is 0 Å². The van der Waals surface area contributed by atoms with Crippen molar-refractivity contribution >= 4 is 5.91 Å². The molecule has 0 saturated carbocycles.